The van der Waals surface area contributed by atoms with Crippen LogP contribution >= 0.6 is 0 Å². The van der Waals surface area contributed by atoms with E-state index in [0.29, 0.717) is 5.82 Å². The Morgan fingerprint density at radius 3 is 2.76 bits per heavy atom. The van der Waals surface area contributed by atoms with Crippen LogP contribution in [0.5, 0.6) is 0 Å². The van der Waals surface area contributed by atoms with E-state index in [4.69, 9.17) is 0 Å². The van der Waals surface area contributed by atoms with Crippen molar-refractivity contribution in [3.05, 3.63) is 59.6 Å². The second-order valence-electron chi connectivity index (χ2n) is 3.96. The van der Waals surface area contributed by atoms with E-state index in [1.165, 1.54) is 23.4 Å². The second kappa shape index (κ2) is 5.33. The smallest absolute Gasteiger partial charge is 0.319 e. The third-order valence-corrected chi connectivity index (χ3v) is 2.65. The van der Waals surface area contributed by atoms with Gasteiger partial charge in [0.05, 0.1) is 4.92 Å². The van der Waals surface area contributed by atoms with Crippen LogP contribution in [0.4, 0.5) is 17.3 Å². The lowest BCUT2D eigenvalue weighted by molar-refractivity contribution is -0.384. The Balaban J connectivity index is 2.09. The molecule has 0 unspecified atom stereocenters. The van der Waals surface area contributed by atoms with E-state index < -0.39 is 4.92 Å². The highest BCUT2D eigenvalue weighted by atomic mass is 16.6. The van der Waals surface area contributed by atoms with Gasteiger partial charge in [0.25, 0.3) is 0 Å². The Hall–Kier alpha value is -3.36. The van der Waals surface area contributed by atoms with E-state index in [1.54, 1.807) is 30.6 Å². The Labute approximate surface area is 118 Å². The van der Waals surface area contributed by atoms with E-state index in [2.05, 4.69) is 25.3 Å². The first kappa shape index (κ1) is 12.7. The fourth-order valence-corrected chi connectivity index (χ4v) is 1.76. The molecule has 0 atom stereocenters. The molecule has 0 bridgehead atoms. The summed E-state index contributed by atoms with van der Waals surface area (Å²) in [6.45, 7) is 0. The van der Waals surface area contributed by atoms with Gasteiger partial charge < -0.3 is 5.32 Å². The number of nitro groups is 1. The van der Waals surface area contributed by atoms with Crippen LogP contribution in [0.25, 0.3) is 5.82 Å². The number of nitrogens with one attached hydrogen (secondary N) is 1. The number of rotatable bonds is 4. The molecule has 0 aliphatic carbocycles. The summed E-state index contributed by atoms with van der Waals surface area (Å²) in [4.78, 5) is 26.6. The van der Waals surface area contributed by atoms with Gasteiger partial charge in [0.15, 0.2) is 0 Å². The van der Waals surface area contributed by atoms with Crippen LogP contribution in [0.1, 0.15) is 0 Å². The number of aromatic nitrogens is 5. The minimum Gasteiger partial charge on any atom is -0.319 e. The molecule has 3 aromatic rings. The molecule has 0 saturated heterocycles. The van der Waals surface area contributed by atoms with Crippen molar-refractivity contribution in [3.63, 3.8) is 0 Å². The summed E-state index contributed by atoms with van der Waals surface area (Å²) >= 11 is 0. The van der Waals surface area contributed by atoms with Gasteiger partial charge in [-0.3, -0.25) is 14.7 Å². The molecule has 0 aliphatic heterocycles. The summed E-state index contributed by atoms with van der Waals surface area (Å²) in [5.41, 5.74) is -0.249. The van der Waals surface area contributed by atoms with Crippen LogP contribution in [0.15, 0.2) is 49.4 Å². The Bertz CT molecular complexity index is 759. The molecular formula is C12H9N7O2. The fourth-order valence-electron chi connectivity index (χ4n) is 1.76. The van der Waals surface area contributed by atoms with Crippen molar-refractivity contribution in [2.24, 2.45) is 0 Å². The maximum atomic E-state index is 11.4. The molecule has 0 amide bonds. The van der Waals surface area contributed by atoms with Crippen LogP contribution in [-0.4, -0.2) is 29.4 Å². The molecule has 0 fully saturated rings. The predicted molar refractivity (Wildman–Crippen MR) is 73.3 cm³/mol. The largest absolute Gasteiger partial charge is 0.354 e. The third-order valence-electron chi connectivity index (χ3n) is 2.65. The van der Waals surface area contributed by atoms with Gasteiger partial charge in [-0.05, 0) is 12.1 Å². The summed E-state index contributed by atoms with van der Waals surface area (Å²) in [7, 11) is 0. The first-order chi connectivity index (χ1) is 10.3. The van der Waals surface area contributed by atoms with E-state index in [1.807, 2.05) is 0 Å². The summed E-state index contributed by atoms with van der Waals surface area (Å²) in [5.74, 6) is 0.652. The third kappa shape index (κ3) is 2.52. The first-order valence-electron chi connectivity index (χ1n) is 5.91. The van der Waals surface area contributed by atoms with Gasteiger partial charge in [-0.2, -0.15) is 0 Å². The minimum absolute atomic E-state index is 0.0670. The highest BCUT2D eigenvalue weighted by Gasteiger charge is 2.24. The minimum atomic E-state index is -0.541. The van der Waals surface area contributed by atoms with Crippen LogP contribution in [0.2, 0.25) is 0 Å². The van der Waals surface area contributed by atoms with E-state index in [-0.39, 0.29) is 17.3 Å². The molecule has 3 rings (SSSR count). The van der Waals surface area contributed by atoms with Crippen molar-refractivity contribution in [3.8, 4) is 5.82 Å². The predicted octanol–water partition coefficient (Wildman–Crippen LogP) is 1.71. The molecule has 9 heteroatoms. The van der Waals surface area contributed by atoms with Crippen molar-refractivity contribution in [1.82, 2.24) is 24.5 Å². The molecule has 3 heterocycles. The highest BCUT2D eigenvalue weighted by molar-refractivity contribution is 5.68. The maximum absolute atomic E-state index is 11.4. The Kier molecular flexibility index (Phi) is 3.21. The SMILES string of the molecule is O=[N+]([O-])c1c(Nc2ccccn2)ncnc1-n1ccnc1. The standard InChI is InChI=1S/C12H9N7O2/c20-19(21)10-11(17-9-3-1-2-4-14-9)15-7-16-12(10)18-6-5-13-8-18/h1-8H,(H,14,15,16,17). The molecule has 9 nitrogen and oxygen atoms in total. The van der Waals surface area contributed by atoms with Gasteiger partial charge in [-0.25, -0.2) is 19.9 Å². The van der Waals surface area contributed by atoms with Gasteiger partial charge in [0, 0.05) is 18.6 Å². The monoisotopic (exact) mass is 283 g/mol. The average Bonchev–Trinajstić information content (AvgIpc) is 3.02. The average molecular weight is 283 g/mol. The van der Waals surface area contributed by atoms with Crippen LogP contribution in [-0.2, 0) is 0 Å². The molecule has 0 spiro atoms. The summed E-state index contributed by atoms with van der Waals surface area (Å²) < 4.78 is 1.45. The first-order valence-corrected chi connectivity index (χ1v) is 5.91. The molecule has 0 aliphatic rings. The van der Waals surface area contributed by atoms with Gasteiger partial charge in [-0.1, -0.05) is 6.07 Å². The number of imidazole rings is 1. The lowest BCUT2D eigenvalue weighted by Crippen LogP contribution is -2.07. The van der Waals surface area contributed by atoms with Gasteiger partial charge in [0.2, 0.25) is 11.6 Å². The van der Waals surface area contributed by atoms with Crippen molar-refractivity contribution in [2.45, 2.75) is 0 Å². The maximum Gasteiger partial charge on any atom is 0.354 e. The Morgan fingerprint density at radius 2 is 2.10 bits per heavy atom. The fraction of sp³-hybridized carbons (Fsp3) is 0. The molecule has 0 radical (unpaired) electrons. The number of pyridine rings is 1. The summed E-state index contributed by atoms with van der Waals surface area (Å²) in [6.07, 6.45) is 7.33. The number of anilines is 2. The zero-order valence-corrected chi connectivity index (χ0v) is 10.6. The quantitative estimate of drug-likeness (QED) is 0.573. The molecular weight excluding hydrogens is 274 g/mol. The van der Waals surface area contributed by atoms with Crippen molar-refractivity contribution >= 4 is 17.3 Å². The van der Waals surface area contributed by atoms with Crippen LogP contribution in [0, 0.1) is 10.1 Å². The van der Waals surface area contributed by atoms with Gasteiger partial charge in [-0.15, -0.1) is 0 Å². The van der Waals surface area contributed by atoms with E-state index >= 15 is 0 Å². The van der Waals surface area contributed by atoms with Gasteiger partial charge in [0.1, 0.15) is 18.5 Å². The normalized spacial score (nSPS) is 10.3. The second-order valence-corrected chi connectivity index (χ2v) is 3.96. The van der Waals surface area contributed by atoms with Crippen LogP contribution in [0.3, 0.4) is 0 Å². The molecule has 104 valence electrons. The molecule has 0 saturated carbocycles. The number of hydrogen-bond acceptors (Lipinski definition) is 7. The lowest BCUT2D eigenvalue weighted by atomic mass is 10.4. The molecule has 21 heavy (non-hydrogen) atoms. The van der Waals surface area contributed by atoms with E-state index in [0.717, 1.165) is 0 Å². The van der Waals surface area contributed by atoms with Crippen LogP contribution < -0.4 is 5.32 Å². The zero-order valence-electron chi connectivity index (χ0n) is 10.6. The number of nitrogens with zero attached hydrogens (tertiary/aromatic N) is 6. The molecule has 0 aromatic carbocycles. The zero-order chi connectivity index (χ0) is 14.7. The van der Waals surface area contributed by atoms with Crippen molar-refractivity contribution in [1.29, 1.82) is 0 Å². The van der Waals surface area contributed by atoms with Gasteiger partial charge >= 0.3 is 5.69 Å². The summed E-state index contributed by atoms with van der Waals surface area (Å²) in [6, 6.07) is 5.19. The number of hydrogen-bond donors (Lipinski definition) is 1. The Morgan fingerprint density at radius 1 is 1.19 bits per heavy atom. The highest BCUT2D eigenvalue weighted by Crippen LogP contribution is 2.29. The topological polar surface area (TPSA) is 112 Å². The molecule has 3 aromatic heterocycles. The van der Waals surface area contributed by atoms with Crippen molar-refractivity contribution < 1.29 is 4.92 Å². The summed E-state index contributed by atoms with van der Waals surface area (Å²) in [5, 5.41) is 14.2. The van der Waals surface area contributed by atoms with E-state index in [9.17, 15) is 10.1 Å². The molecule has 1 N–H and O–H groups in total. The van der Waals surface area contributed by atoms with Crippen molar-refractivity contribution in [2.75, 3.05) is 5.32 Å². The lowest BCUT2D eigenvalue weighted by Gasteiger charge is -2.07.